The van der Waals surface area contributed by atoms with Crippen LogP contribution in [0.25, 0.3) is 0 Å². The van der Waals surface area contributed by atoms with Gasteiger partial charge in [0.15, 0.2) is 0 Å². The van der Waals surface area contributed by atoms with Crippen LogP contribution in [0.2, 0.25) is 0 Å². The van der Waals surface area contributed by atoms with Crippen molar-refractivity contribution in [3.63, 3.8) is 0 Å². The van der Waals surface area contributed by atoms with Gasteiger partial charge in [-0.25, -0.2) is 0 Å². The Morgan fingerprint density at radius 3 is 2.54 bits per heavy atom. The Labute approximate surface area is 141 Å². The minimum Gasteiger partial charge on any atom is -0.339 e. The fourth-order valence-corrected chi connectivity index (χ4v) is 4.12. The maximum Gasteiger partial charge on any atom is 0.411 e. The molecule has 2 unspecified atom stereocenters. The van der Waals surface area contributed by atoms with Crippen molar-refractivity contribution in [2.45, 2.75) is 83.0 Å². The molecule has 0 aromatic carbocycles. The predicted molar refractivity (Wildman–Crippen MR) is 84.3 cm³/mol. The lowest BCUT2D eigenvalue weighted by molar-refractivity contribution is -0.226. The predicted octanol–water partition coefficient (Wildman–Crippen LogP) is 3.50. The molecule has 2 amide bonds. The maximum atomic E-state index is 13.7. The highest BCUT2D eigenvalue weighted by Gasteiger charge is 2.60. The van der Waals surface area contributed by atoms with E-state index in [1.165, 1.54) is 0 Å². The lowest BCUT2D eigenvalue weighted by Gasteiger charge is -2.41. The number of halogens is 3. The molecule has 2 aliphatic heterocycles. The molecule has 2 fully saturated rings. The van der Waals surface area contributed by atoms with Crippen molar-refractivity contribution in [2.75, 3.05) is 13.1 Å². The van der Waals surface area contributed by atoms with Crippen LogP contribution in [0.5, 0.6) is 0 Å². The van der Waals surface area contributed by atoms with Crippen molar-refractivity contribution in [1.29, 1.82) is 0 Å². The number of carbonyl (C=O) groups is 2. The van der Waals surface area contributed by atoms with E-state index in [0.29, 0.717) is 25.8 Å². The quantitative estimate of drug-likeness (QED) is 0.763. The summed E-state index contributed by atoms with van der Waals surface area (Å²) in [7, 11) is 0. The van der Waals surface area contributed by atoms with Gasteiger partial charge in [0.25, 0.3) is 0 Å². The van der Waals surface area contributed by atoms with Gasteiger partial charge in [-0.15, -0.1) is 0 Å². The van der Waals surface area contributed by atoms with Gasteiger partial charge in [-0.1, -0.05) is 13.3 Å². The summed E-state index contributed by atoms with van der Waals surface area (Å²) < 4.78 is 41.1. The molecule has 2 rings (SSSR count). The van der Waals surface area contributed by atoms with Crippen LogP contribution in [0, 0.1) is 0 Å². The third-order valence-electron chi connectivity index (χ3n) is 5.34. The van der Waals surface area contributed by atoms with Crippen molar-refractivity contribution < 1.29 is 22.8 Å². The molecule has 4 nitrogen and oxygen atoms in total. The zero-order chi connectivity index (χ0) is 18.0. The summed E-state index contributed by atoms with van der Waals surface area (Å²) in [5, 5.41) is 0. The minimum absolute atomic E-state index is 0.00128. The van der Waals surface area contributed by atoms with Crippen molar-refractivity contribution in [1.82, 2.24) is 9.80 Å². The molecule has 2 atom stereocenters. The Balaban J connectivity index is 2.11. The van der Waals surface area contributed by atoms with E-state index in [2.05, 4.69) is 0 Å². The third kappa shape index (κ3) is 3.54. The van der Waals surface area contributed by atoms with E-state index in [9.17, 15) is 22.8 Å². The second-order valence-electron chi connectivity index (χ2n) is 7.03. The van der Waals surface area contributed by atoms with Gasteiger partial charge >= 0.3 is 6.18 Å². The number of piperidine rings is 1. The fraction of sp³-hybridized carbons (Fsp3) is 0.882. The number of carbonyl (C=O) groups excluding carboxylic acids is 2. The molecule has 0 saturated carbocycles. The van der Waals surface area contributed by atoms with Gasteiger partial charge in [-0.3, -0.25) is 9.59 Å². The smallest absolute Gasteiger partial charge is 0.339 e. The lowest BCUT2D eigenvalue weighted by Crippen LogP contribution is -2.58. The summed E-state index contributed by atoms with van der Waals surface area (Å²) in [6.45, 7) is 4.21. The molecule has 0 radical (unpaired) electrons. The van der Waals surface area contributed by atoms with E-state index < -0.39 is 17.6 Å². The first-order chi connectivity index (χ1) is 11.2. The zero-order valence-electron chi connectivity index (χ0n) is 14.5. The number of amides is 2. The first-order valence-corrected chi connectivity index (χ1v) is 8.89. The summed E-state index contributed by atoms with van der Waals surface area (Å²) in [5.41, 5.74) is -2.02. The van der Waals surface area contributed by atoms with Gasteiger partial charge in [0.2, 0.25) is 11.8 Å². The van der Waals surface area contributed by atoms with Gasteiger partial charge in [0.1, 0.15) is 5.54 Å². The Kier molecular flexibility index (Phi) is 5.81. The Bertz CT molecular complexity index is 481. The van der Waals surface area contributed by atoms with Crippen LogP contribution in [0.3, 0.4) is 0 Å². The highest BCUT2D eigenvalue weighted by atomic mass is 19.4. The van der Waals surface area contributed by atoms with E-state index in [-0.39, 0.29) is 37.8 Å². The van der Waals surface area contributed by atoms with E-state index in [1.807, 2.05) is 0 Å². The molecular formula is C17H27F3N2O2. The van der Waals surface area contributed by atoms with Gasteiger partial charge in [0.05, 0.1) is 0 Å². The molecule has 2 heterocycles. The highest BCUT2D eigenvalue weighted by Crippen LogP contribution is 2.46. The number of alkyl halides is 3. The largest absolute Gasteiger partial charge is 0.411 e. The topological polar surface area (TPSA) is 40.6 Å². The molecule has 0 bridgehead atoms. The van der Waals surface area contributed by atoms with Gasteiger partial charge in [-0.05, 0) is 39.0 Å². The second kappa shape index (κ2) is 7.31. The molecule has 0 N–H and O–H groups in total. The average molecular weight is 348 g/mol. The molecular weight excluding hydrogens is 321 g/mol. The second-order valence-corrected chi connectivity index (χ2v) is 7.03. The van der Waals surface area contributed by atoms with E-state index in [1.54, 1.807) is 18.7 Å². The minimum atomic E-state index is -4.42. The van der Waals surface area contributed by atoms with Crippen LogP contribution >= 0.6 is 0 Å². The fourth-order valence-electron chi connectivity index (χ4n) is 4.12. The number of hydrogen-bond donors (Lipinski definition) is 0. The first kappa shape index (κ1) is 19.1. The van der Waals surface area contributed by atoms with Crippen LogP contribution < -0.4 is 0 Å². The monoisotopic (exact) mass is 348 g/mol. The molecule has 138 valence electrons. The Hall–Kier alpha value is -1.27. The summed E-state index contributed by atoms with van der Waals surface area (Å²) in [4.78, 5) is 27.3. The number of hydrogen-bond acceptors (Lipinski definition) is 2. The molecule has 7 heteroatoms. The summed E-state index contributed by atoms with van der Waals surface area (Å²) in [6, 6.07) is -0.349. The van der Waals surface area contributed by atoms with Gasteiger partial charge < -0.3 is 9.80 Å². The van der Waals surface area contributed by atoms with E-state index in [0.717, 1.165) is 17.7 Å². The van der Waals surface area contributed by atoms with E-state index in [4.69, 9.17) is 0 Å². The van der Waals surface area contributed by atoms with Gasteiger partial charge in [-0.2, -0.15) is 13.2 Å². The van der Waals surface area contributed by atoms with Crippen molar-refractivity contribution in [3.05, 3.63) is 0 Å². The standard InChI is InChI=1S/C17H27F3N2O2/c1-3-8-16(17(18,19)20)9-6-11-22(16)15(24)12-13(2)21-10-5-4-7-14(21)23/h13H,3-12H2,1-2H3. The zero-order valence-corrected chi connectivity index (χ0v) is 14.5. The van der Waals surface area contributed by atoms with E-state index >= 15 is 0 Å². The van der Waals surface area contributed by atoms with Crippen LogP contribution in [-0.2, 0) is 9.59 Å². The third-order valence-corrected chi connectivity index (χ3v) is 5.34. The SMILES string of the molecule is CCCC1(C(F)(F)F)CCCN1C(=O)CC(C)N1CCCCC1=O. The molecule has 0 aliphatic carbocycles. The first-order valence-electron chi connectivity index (χ1n) is 8.89. The average Bonchev–Trinajstić information content (AvgIpc) is 2.93. The number of rotatable bonds is 5. The number of nitrogens with zero attached hydrogens (tertiary/aromatic N) is 2. The lowest BCUT2D eigenvalue weighted by atomic mass is 9.89. The van der Waals surface area contributed by atoms with Crippen molar-refractivity contribution in [2.24, 2.45) is 0 Å². The molecule has 2 aliphatic rings. The van der Waals surface area contributed by atoms with Crippen molar-refractivity contribution >= 4 is 11.8 Å². The van der Waals surface area contributed by atoms with Crippen molar-refractivity contribution in [3.8, 4) is 0 Å². The summed E-state index contributed by atoms with van der Waals surface area (Å²) in [5.74, 6) is -0.484. The molecule has 2 saturated heterocycles. The van der Waals surface area contributed by atoms with Crippen LogP contribution in [0.15, 0.2) is 0 Å². The normalized spacial score (nSPS) is 26.8. The maximum absolute atomic E-state index is 13.7. The van der Waals surface area contributed by atoms with Crippen LogP contribution in [-0.4, -0.2) is 52.5 Å². The number of likely N-dealkylation sites (tertiary alicyclic amines) is 2. The summed E-state index contributed by atoms with van der Waals surface area (Å²) in [6.07, 6.45) is -1.58. The molecule has 0 spiro atoms. The molecule has 24 heavy (non-hydrogen) atoms. The molecule has 0 aromatic rings. The van der Waals surface area contributed by atoms with Crippen LogP contribution in [0.4, 0.5) is 13.2 Å². The Morgan fingerprint density at radius 1 is 1.25 bits per heavy atom. The van der Waals surface area contributed by atoms with Gasteiger partial charge in [0, 0.05) is 32.0 Å². The van der Waals surface area contributed by atoms with Crippen LogP contribution in [0.1, 0.15) is 65.2 Å². The summed E-state index contributed by atoms with van der Waals surface area (Å²) >= 11 is 0. The highest BCUT2D eigenvalue weighted by molar-refractivity contribution is 5.81. The molecule has 0 aromatic heterocycles. The Morgan fingerprint density at radius 2 is 1.96 bits per heavy atom.